The molecular weight excluding hydrogens is 760 g/mol. The fraction of sp³-hybridized carbons (Fsp3) is 0.516. The summed E-state index contributed by atoms with van der Waals surface area (Å²) in [5.74, 6) is -3.48. The maximum absolute atomic E-state index is 15.1. The van der Waals surface area contributed by atoms with Crippen LogP contribution in [-0.4, -0.2) is 69.0 Å². The molecule has 4 rings (SSSR count). The highest BCUT2D eigenvalue weighted by atomic mass is 127. The van der Waals surface area contributed by atoms with Gasteiger partial charge in [0.05, 0.1) is 54.3 Å². The van der Waals surface area contributed by atoms with Gasteiger partial charge in [-0.2, -0.15) is 8.78 Å². The van der Waals surface area contributed by atoms with Gasteiger partial charge in [0, 0.05) is 41.5 Å². The fourth-order valence-electron chi connectivity index (χ4n) is 6.00. The van der Waals surface area contributed by atoms with E-state index in [1.165, 1.54) is 39.5 Å². The highest BCUT2D eigenvalue weighted by Gasteiger charge is 2.44. The van der Waals surface area contributed by atoms with E-state index in [9.17, 15) is 31.6 Å². The SMILES string of the molecule is COc1cc(F)c(O[C@H]2CC[C@@](C)(C(=O)OC)CC2)cc1C(=O)N[C@H]1[C@H](OC)CC[C@H]1C(=O)Nc1cccc(S(=O)(=O)C(F)(F)I)c1. The smallest absolute Gasteiger partial charge is 0.398 e. The van der Waals surface area contributed by atoms with Crippen LogP contribution >= 0.6 is 22.6 Å². The summed E-state index contributed by atoms with van der Waals surface area (Å²) in [5.41, 5.74) is -0.748. The summed E-state index contributed by atoms with van der Waals surface area (Å²) >= 11 is 0.527. The van der Waals surface area contributed by atoms with Crippen LogP contribution in [0.5, 0.6) is 11.5 Å². The van der Waals surface area contributed by atoms with Crippen LogP contribution in [0.15, 0.2) is 41.3 Å². The maximum atomic E-state index is 15.1. The molecule has 2 amide bonds. The van der Waals surface area contributed by atoms with Crippen molar-refractivity contribution in [1.29, 1.82) is 0 Å². The van der Waals surface area contributed by atoms with Gasteiger partial charge in [0.2, 0.25) is 5.91 Å². The molecule has 47 heavy (non-hydrogen) atoms. The Bertz CT molecular complexity index is 1610. The summed E-state index contributed by atoms with van der Waals surface area (Å²) in [6.45, 7) is 1.81. The lowest BCUT2D eigenvalue weighted by Crippen LogP contribution is -2.48. The van der Waals surface area contributed by atoms with Crippen LogP contribution in [0, 0.1) is 17.2 Å². The van der Waals surface area contributed by atoms with Crippen LogP contribution in [0.2, 0.25) is 0 Å². The number of alkyl halides is 3. The fourth-order valence-corrected chi connectivity index (χ4v) is 7.57. The Balaban J connectivity index is 1.51. The van der Waals surface area contributed by atoms with Gasteiger partial charge in [0.15, 0.2) is 11.6 Å². The molecule has 0 bridgehead atoms. The third-order valence-corrected chi connectivity index (χ3v) is 12.0. The highest BCUT2D eigenvalue weighted by Crippen LogP contribution is 2.40. The number of nitrogens with one attached hydrogen (secondary N) is 2. The van der Waals surface area contributed by atoms with E-state index in [-0.39, 0.29) is 35.1 Å². The molecule has 2 aromatic rings. The van der Waals surface area contributed by atoms with Crippen molar-refractivity contribution in [2.75, 3.05) is 26.6 Å². The highest BCUT2D eigenvalue weighted by molar-refractivity contribution is 14.1. The zero-order valence-electron chi connectivity index (χ0n) is 26.1. The van der Waals surface area contributed by atoms with Gasteiger partial charge in [0.1, 0.15) is 5.75 Å². The number of hydrogen-bond donors (Lipinski definition) is 2. The first kappa shape index (κ1) is 36.7. The second kappa shape index (κ2) is 14.6. The molecule has 2 aliphatic rings. The van der Waals surface area contributed by atoms with Gasteiger partial charge < -0.3 is 29.6 Å². The minimum Gasteiger partial charge on any atom is -0.496 e. The number of sulfone groups is 1. The van der Waals surface area contributed by atoms with E-state index in [0.717, 1.165) is 18.2 Å². The Morgan fingerprint density at radius 3 is 2.28 bits per heavy atom. The van der Waals surface area contributed by atoms with Crippen LogP contribution in [0.3, 0.4) is 0 Å². The van der Waals surface area contributed by atoms with Gasteiger partial charge in [-0.3, -0.25) is 14.4 Å². The molecule has 2 aromatic carbocycles. The third-order valence-electron chi connectivity index (χ3n) is 8.76. The molecule has 2 fully saturated rings. The molecule has 11 nitrogen and oxygen atoms in total. The Hall–Kier alpha value is -3.12. The van der Waals surface area contributed by atoms with E-state index in [0.29, 0.717) is 54.7 Å². The van der Waals surface area contributed by atoms with Crippen LogP contribution in [-0.2, 0) is 28.9 Å². The van der Waals surface area contributed by atoms with Crippen molar-refractivity contribution < 1.29 is 54.9 Å². The average Bonchev–Trinajstić information content (AvgIpc) is 3.44. The zero-order chi connectivity index (χ0) is 34.7. The molecule has 2 aliphatic carbocycles. The number of hydrogen-bond acceptors (Lipinski definition) is 9. The zero-order valence-corrected chi connectivity index (χ0v) is 29.1. The summed E-state index contributed by atoms with van der Waals surface area (Å²) in [6, 6.07) is 5.89. The number of benzene rings is 2. The summed E-state index contributed by atoms with van der Waals surface area (Å²) in [4.78, 5) is 38.5. The minimum atomic E-state index is -5.00. The van der Waals surface area contributed by atoms with E-state index in [1.807, 2.05) is 6.92 Å². The van der Waals surface area contributed by atoms with E-state index in [1.54, 1.807) is 0 Å². The van der Waals surface area contributed by atoms with Crippen molar-refractivity contribution >= 4 is 55.9 Å². The number of ether oxygens (including phenoxy) is 4. The normalized spacial score (nSPS) is 24.7. The van der Waals surface area contributed by atoms with E-state index >= 15 is 4.39 Å². The molecule has 0 saturated heterocycles. The molecule has 16 heteroatoms. The van der Waals surface area contributed by atoms with Gasteiger partial charge in [-0.25, -0.2) is 12.8 Å². The molecule has 0 aliphatic heterocycles. The van der Waals surface area contributed by atoms with E-state index < -0.39 is 65.2 Å². The lowest BCUT2D eigenvalue weighted by molar-refractivity contribution is -0.154. The second-order valence-corrected chi connectivity index (χ2v) is 15.9. The lowest BCUT2D eigenvalue weighted by Gasteiger charge is -2.35. The largest absolute Gasteiger partial charge is 0.496 e. The van der Waals surface area contributed by atoms with Gasteiger partial charge in [-0.15, -0.1) is 0 Å². The number of carbonyl (C=O) groups is 3. The van der Waals surface area contributed by atoms with Crippen LogP contribution < -0.4 is 20.1 Å². The van der Waals surface area contributed by atoms with Crippen LogP contribution in [0.4, 0.5) is 18.9 Å². The summed E-state index contributed by atoms with van der Waals surface area (Å²) in [5, 5.41) is 5.35. The molecule has 2 saturated carbocycles. The molecule has 0 radical (unpaired) electrons. The standard InChI is InChI=1S/C31H36F3IN2O9S/c1-30(29(40)45-4)12-10-18(11-13-30)46-25-15-21(24(44-3)16-22(25)32)28(39)37-26-20(8-9-23(26)43-2)27(38)36-17-6-5-7-19(14-17)47(41,42)31(33,34)35/h5-7,14-16,18,20,23,26H,8-13H2,1-4H3,(H,36,38)(H,37,39)/t18-,20-,23-,26-,30+/m1/s1. The number of carbonyl (C=O) groups excluding carboxylic acids is 3. The van der Waals surface area contributed by atoms with Crippen molar-refractivity contribution in [2.24, 2.45) is 11.3 Å². The molecular formula is C31H36F3IN2O9S. The number of esters is 1. The van der Waals surface area contributed by atoms with Crippen molar-refractivity contribution in [2.45, 2.75) is 71.9 Å². The first-order valence-electron chi connectivity index (χ1n) is 14.7. The quantitative estimate of drug-likeness (QED) is 0.177. The van der Waals surface area contributed by atoms with Gasteiger partial charge >= 0.3 is 9.23 Å². The first-order valence-corrected chi connectivity index (χ1v) is 17.3. The first-order chi connectivity index (χ1) is 22.0. The number of anilines is 1. The Morgan fingerprint density at radius 2 is 1.68 bits per heavy atom. The maximum Gasteiger partial charge on any atom is 0.398 e. The summed E-state index contributed by atoms with van der Waals surface area (Å²) < 4.78 is 84.5. The predicted molar refractivity (Wildman–Crippen MR) is 172 cm³/mol. The van der Waals surface area contributed by atoms with Crippen molar-refractivity contribution in [1.82, 2.24) is 5.32 Å². The van der Waals surface area contributed by atoms with Crippen LogP contribution in [0.1, 0.15) is 55.8 Å². The number of methoxy groups -OCH3 is 3. The monoisotopic (exact) mass is 796 g/mol. The second-order valence-electron chi connectivity index (χ2n) is 11.8. The summed E-state index contributed by atoms with van der Waals surface area (Å²) in [6.07, 6.45) is 1.53. The van der Waals surface area contributed by atoms with Crippen molar-refractivity contribution in [3.63, 3.8) is 0 Å². The molecule has 0 heterocycles. The van der Waals surface area contributed by atoms with Gasteiger partial charge in [0.25, 0.3) is 15.7 Å². The molecule has 3 atom stereocenters. The Morgan fingerprint density at radius 1 is 1.00 bits per heavy atom. The summed E-state index contributed by atoms with van der Waals surface area (Å²) in [7, 11) is -0.979. The number of rotatable bonds is 11. The lowest BCUT2D eigenvalue weighted by atomic mass is 9.75. The van der Waals surface area contributed by atoms with E-state index in [2.05, 4.69) is 10.6 Å². The molecule has 2 N–H and O–H groups in total. The molecule has 0 unspecified atom stereocenters. The Labute approximate surface area is 284 Å². The minimum absolute atomic E-state index is 0.0284. The predicted octanol–water partition coefficient (Wildman–Crippen LogP) is 5.26. The van der Waals surface area contributed by atoms with E-state index in [4.69, 9.17) is 18.9 Å². The average molecular weight is 797 g/mol. The third kappa shape index (κ3) is 7.96. The van der Waals surface area contributed by atoms with Crippen molar-refractivity contribution in [3.05, 3.63) is 47.8 Å². The topological polar surface area (TPSA) is 146 Å². The van der Waals surface area contributed by atoms with Crippen molar-refractivity contribution in [3.8, 4) is 11.5 Å². The molecule has 0 aromatic heterocycles. The van der Waals surface area contributed by atoms with Crippen LogP contribution in [0.25, 0.3) is 0 Å². The van der Waals surface area contributed by atoms with Gasteiger partial charge in [-0.1, -0.05) is 6.07 Å². The molecule has 258 valence electrons. The number of amides is 2. The van der Waals surface area contributed by atoms with Gasteiger partial charge in [-0.05, 0) is 69.7 Å². The number of halogens is 4. The molecule has 0 spiro atoms. The Kier molecular flexibility index (Phi) is 11.4.